The number of hydrogen-bond acceptors (Lipinski definition) is 5. The highest BCUT2D eigenvalue weighted by Crippen LogP contribution is 2.33. The molecule has 0 bridgehead atoms. The van der Waals surface area contributed by atoms with Crippen molar-refractivity contribution in [1.29, 1.82) is 0 Å². The van der Waals surface area contributed by atoms with Crippen LogP contribution in [0, 0.1) is 5.82 Å². The van der Waals surface area contributed by atoms with Crippen LogP contribution in [0.15, 0.2) is 72.8 Å². The lowest BCUT2D eigenvalue weighted by Crippen LogP contribution is -2.52. The number of amides is 5. The number of halogens is 4. The Bertz CT molecular complexity index is 1990. The highest BCUT2D eigenvalue weighted by molar-refractivity contribution is 6.06. The van der Waals surface area contributed by atoms with E-state index in [2.05, 4.69) is 16.0 Å². The van der Waals surface area contributed by atoms with Gasteiger partial charge in [-0.2, -0.15) is 13.2 Å². The second-order valence-corrected chi connectivity index (χ2v) is 11.6. The van der Waals surface area contributed by atoms with Gasteiger partial charge in [-0.05, 0) is 64.2 Å². The molecule has 1 atom stereocenters. The van der Waals surface area contributed by atoms with Crippen molar-refractivity contribution in [3.63, 3.8) is 0 Å². The molecule has 1 unspecified atom stereocenters. The summed E-state index contributed by atoms with van der Waals surface area (Å²) >= 11 is 0. The van der Waals surface area contributed by atoms with Crippen molar-refractivity contribution in [2.45, 2.75) is 51.1 Å². The highest BCUT2D eigenvalue weighted by atomic mass is 19.4. The number of carbonyl (C=O) groups is 5. The zero-order chi connectivity index (χ0) is 34.2. The molecule has 1 saturated heterocycles. The first-order valence-electron chi connectivity index (χ1n) is 15.1. The number of alkyl halides is 3. The first kappa shape index (κ1) is 32.4. The summed E-state index contributed by atoms with van der Waals surface area (Å²) in [5.41, 5.74) is 0.0335. The molecular weight excluding hydrogens is 632 g/mol. The van der Waals surface area contributed by atoms with Gasteiger partial charge < -0.3 is 15.5 Å². The molecule has 1 fully saturated rings. The van der Waals surface area contributed by atoms with Crippen LogP contribution in [-0.4, -0.2) is 40.5 Å². The molecule has 6 rings (SSSR count). The quantitative estimate of drug-likeness (QED) is 0.189. The average Bonchev–Trinajstić information content (AvgIpc) is 3.38. The fourth-order valence-electron chi connectivity index (χ4n) is 6.06. The molecule has 9 nitrogen and oxygen atoms in total. The molecule has 0 spiro atoms. The summed E-state index contributed by atoms with van der Waals surface area (Å²) in [6.45, 7) is -0.654. The Labute approximate surface area is 271 Å². The molecule has 2 aliphatic heterocycles. The fourth-order valence-corrected chi connectivity index (χ4v) is 6.06. The number of piperidine rings is 1. The molecule has 4 aromatic carbocycles. The van der Waals surface area contributed by atoms with E-state index in [4.69, 9.17) is 0 Å². The summed E-state index contributed by atoms with van der Waals surface area (Å²) in [5, 5.41) is 8.58. The fraction of sp³-hybridized carbons (Fsp3) is 0.229. The Hall–Kier alpha value is -5.59. The minimum Gasteiger partial charge on any atom is -0.352 e. The van der Waals surface area contributed by atoms with E-state index < -0.39 is 59.7 Å². The van der Waals surface area contributed by atoms with Crippen LogP contribution >= 0.6 is 0 Å². The van der Waals surface area contributed by atoms with E-state index in [0.29, 0.717) is 16.5 Å². The first-order chi connectivity index (χ1) is 22.9. The molecule has 4 aromatic rings. The maximum Gasteiger partial charge on any atom is 0.416 e. The van der Waals surface area contributed by atoms with Crippen molar-refractivity contribution in [2.24, 2.45) is 0 Å². The van der Waals surface area contributed by atoms with Gasteiger partial charge in [-0.3, -0.25) is 29.3 Å². The van der Waals surface area contributed by atoms with Crippen LogP contribution in [0.25, 0.3) is 10.8 Å². The molecule has 48 heavy (non-hydrogen) atoms. The second kappa shape index (κ2) is 12.9. The van der Waals surface area contributed by atoms with Crippen molar-refractivity contribution < 1.29 is 41.5 Å². The molecule has 0 radical (unpaired) electrons. The topological polar surface area (TPSA) is 125 Å². The van der Waals surface area contributed by atoms with E-state index in [1.165, 1.54) is 41.3 Å². The van der Waals surface area contributed by atoms with Crippen LogP contribution in [0.2, 0.25) is 0 Å². The summed E-state index contributed by atoms with van der Waals surface area (Å²) in [6, 6.07) is 16.8. The smallest absolute Gasteiger partial charge is 0.352 e. The van der Waals surface area contributed by atoms with Crippen molar-refractivity contribution in [3.8, 4) is 0 Å². The minimum atomic E-state index is -4.76. The third-order valence-electron chi connectivity index (χ3n) is 8.52. The van der Waals surface area contributed by atoms with E-state index in [9.17, 15) is 41.5 Å². The molecule has 246 valence electrons. The number of rotatable bonds is 8. The predicted octanol–water partition coefficient (Wildman–Crippen LogP) is 4.55. The second-order valence-electron chi connectivity index (χ2n) is 11.6. The van der Waals surface area contributed by atoms with E-state index in [-0.39, 0.29) is 54.6 Å². The van der Waals surface area contributed by atoms with E-state index >= 15 is 0 Å². The summed E-state index contributed by atoms with van der Waals surface area (Å²) in [6.07, 6.45) is -4.79. The molecule has 5 amide bonds. The van der Waals surface area contributed by atoms with Crippen molar-refractivity contribution in [1.82, 2.24) is 20.9 Å². The molecular formula is C35H28F4N4O5. The minimum absolute atomic E-state index is 0.0364. The number of carbonyl (C=O) groups excluding carboxylic acids is 5. The van der Waals surface area contributed by atoms with E-state index in [0.717, 1.165) is 11.5 Å². The molecule has 0 aliphatic carbocycles. The number of hydrogen-bond donors (Lipinski definition) is 3. The highest BCUT2D eigenvalue weighted by Gasteiger charge is 2.39. The number of nitrogens with zero attached hydrogens (tertiary/aromatic N) is 1. The average molecular weight is 661 g/mol. The third-order valence-corrected chi connectivity index (χ3v) is 8.52. The van der Waals surface area contributed by atoms with Gasteiger partial charge >= 0.3 is 6.18 Å². The van der Waals surface area contributed by atoms with Gasteiger partial charge in [0.1, 0.15) is 11.9 Å². The number of fused-ring (bicyclic) bond motifs is 2. The van der Waals surface area contributed by atoms with E-state index in [1.807, 2.05) is 0 Å². The summed E-state index contributed by atoms with van der Waals surface area (Å²) in [5.74, 6) is -3.20. The van der Waals surface area contributed by atoms with Gasteiger partial charge in [-0.15, -0.1) is 0 Å². The maximum atomic E-state index is 14.5. The summed E-state index contributed by atoms with van der Waals surface area (Å²) in [4.78, 5) is 63.6. The van der Waals surface area contributed by atoms with Crippen LogP contribution < -0.4 is 16.0 Å². The van der Waals surface area contributed by atoms with Gasteiger partial charge in [0, 0.05) is 42.7 Å². The third kappa shape index (κ3) is 6.61. The largest absolute Gasteiger partial charge is 0.416 e. The van der Waals surface area contributed by atoms with Crippen LogP contribution in [0.3, 0.4) is 0 Å². The van der Waals surface area contributed by atoms with Gasteiger partial charge in [-0.25, -0.2) is 4.39 Å². The van der Waals surface area contributed by atoms with Gasteiger partial charge in [0.2, 0.25) is 17.7 Å². The van der Waals surface area contributed by atoms with Gasteiger partial charge in [0.25, 0.3) is 11.8 Å². The molecule has 2 heterocycles. The number of nitrogens with one attached hydrogen (secondary N) is 3. The van der Waals surface area contributed by atoms with E-state index in [1.54, 1.807) is 30.3 Å². The molecule has 2 aliphatic rings. The lowest BCUT2D eigenvalue weighted by molar-refractivity contribution is -0.138. The molecule has 13 heteroatoms. The normalized spacial score (nSPS) is 16.1. The number of imide groups is 1. The van der Waals surface area contributed by atoms with Gasteiger partial charge in [-0.1, -0.05) is 42.5 Å². The Morgan fingerprint density at radius 3 is 2.48 bits per heavy atom. The zero-order valence-electron chi connectivity index (χ0n) is 25.2. The SMILES string of the molecule is O=C(Cc1c(F)ccc2ccccc12)NCc1ccc(CNC(=O)c2ccc3c(c2)CN(C2CCC(=O)NC2=O)C3=O)c(C(F)(F)F)c1. The summed E-state index contributed by atoms with van der Waals surface area (Å²) in [7, 11) is 0. The first-order valence-corrected chi connectivity index (χ1v) is 15.1. The molecule has 3 N–H and O–H groups in total. The van der Waals surface area contributed by atoms with Crippen molar-refractivity contribution >= 4 is 40.3 Å². The molecule has 0 aromatic heterocycles. The maximum absolute atomic E-state index is 14.5. The lowest BCUT2D eigenvalue weighted by atomic mass is 10.0. The summed E-state index contributed by atoms with van der Waals surface area (Å²) < 4.78 is 56.7. The Morgan fingerprint density at radius 1 is 0.917 bits per heavy atom. The van der Waals surface area contributed by atoms with Crippen molar-refractivity contribution in [3.05, 3.63) is 118 Å². The monoisotopic (exact) mass is 660 g/mol. The predicted molar refractivity (Wildman–Crippen MR) is 165 cm³/mol. The van der Waals surface area contributed by atoms with Crippen LogP contribution in [-0.2, 0) is 46.6 Å². The van der Waals surface area contributed by atoms with Gasteiger partial charge in [0.15, 0.2) is 0 Å². The Balaban J connectivity index is 1.10. The Morgan fingerprint density at radius 2 is 1.71 bits per heavy atom. The van der Waals surface area contributed by atoms with Gasteiger partial charge in [0.05, 0.1) is 12.0 Å². The Kier molecular flexibility index (Phi) is 8.69. The van der Waals surface area contributed by atoms with Crippen LogP contribution in [0.1, 0.15) is 61.4 Å². The molecule has 0 saturated carbocycles. The van der Waals surface area contributed by atoms with Crippen LogP contribution in [0.5, 0.6) is 0 Å². The standard InChI is InChI=1S/C35H28F4N4O5/c36-28-10-8-20-3-1-2-4-24(20)26(28)15-31(45)40-16-19-5-6-22(27(13-19)35(37,38)39)17-41-32(46)21-7-9-25-23(14-21)18-43(34(25)48)29-11-12-30(44)42-33(29)47/h1-10,13-14,29H,11-12,15-18H2,(H,40,45)(H,41,46)(H,42,44,47). The zero-order valence-corrected chi connectivity index (χ0v) is 25.2. The number of benzene rings is 4. The lowest BCUT2D eigenvalue weighted by Gasteiger charge is -2.29. The van der Waals surface area contributed by atoms with Crippen LogP contribution in [0.4, 0.5) is 17.6 Å². The van der Waals surface area contributed by atoms with Crippen molar-refractivity contribution in [2.75, 3.05) is 0 Å².